The van der Waals surface area contributed by atoms with Gasteiger partial charge in [-0.25, -0.2) is 4.79 Å². The van der Waals surface area contributed by atoms with Crippen molar-refractivity contribution in [3.8, 4) is 11.3 Å². The summed E-state index contributed by atoms with van der Waals surface area (Å²) in [5.41, 5.74) is 2.86. The molecule has 4 nitrogen and oxygen atoms in total. The van der Waals surface area contributed by atoms with Crippen molar-refractivity contribution in [1.82, 2.24) is 15.3 Å². The SMILES string of the molecule is CNCc1ccccc1-c1c[nH]c(=O)[nH]1. The highest BCUT2D eigenvalue weighted by Gasteiger charge is 2.04. The number of H-pyrrole nitrogens is 2. The van der Waals surface area contributed by atoms with Crippen LogP contribution in [0.2, 0.25) is 0 Å². The Morgan fingerprint density at radius 2 is 2.13 bits per heavy atom. The van der Waals surface area contributed by atoms with Crippen molar-refractivity contribution < 1.29 is 0 Å². The molecule has 0 aliphatic carbocycles. The van der Waals surface area contributed by atoms with E-state index in [1.54, 1.807) is 6.20 Å². The standard InChI is InChI=1S/C11H13N3O/c1-12-6-8-4-2-3-5-9(8)10-7-13-11(15)14-10/h2-5,7,12H,6H2,1H3,(H2,13,14,15). The third kappa shape index (κ3) is 1.99. The molecule has 0 spiro atoms. The molecule has 0 aliphatic rings. The van der Waals surface area contributed by atoms with E-state index >= 15 is 0 Å². The molecule has 0 saturated heterocycles. The summed E-state index contributed by atoms with van der Waals surface area (Å²) in [5.74, 6) is 0. The van der Waals surface area contributed by atoms with Gasteiger partial charge in [0, 0.05) is 18.3 Å². The van der Waals surface area contributed by atoms with Crippen LogP contribution in [-0.2, 0) is 6.54 Å². The fraction of sp³-hybridized carbons (Fsp3) is 0.182. The van der Waals surface area contributed by atoms with Gasteiger partial charge in [0.1, 0.15) is 0 Å². The normalized spacial score (nSPS) is 10.5. The maximum Gasteiger partial charge on any atom is 0.323 e. The molecule has 15 heavy (non-hydrogen) atoms. The number of aromatic amines is 2. The molecule has 0 radical (unpaired) electrons. The van der Waals surface area contributed by atoms with Gasteiger partial charge < -0.3 is 15.3 Å². The largest absolute Gasteiger partial charge is 0.323 e. The van der Waals surface area contributed by atoms with Gasteiger partial charge in [-0.1, -0.05) is 24.3 Å². The molecule has 0 aliphatic heterocycles. The summed E-state index contributed by atoms with van der Waals surface area (Å²) in [6.07, 6.45) is 1.69. The number of rotatable bonds is 3. The molecule has 0 unspecified atom stereocenters. The Kier molecular flexibility index (Phi) is 2.69. The Labute approximate surface area is 87.4 Å². The van der Waals surface area contributed by atoms with Crippen LogP contribution in [0.15, 0.2) is 35.3 Å². The third-order valence-electron chi connectivity index (χ3n) is 2.27. The Morgan fingerprint density at radius 1 is 1.33 bits per heavy atom. The highest BCUT2D eigenvalue weighted by molar-refractivity contribution is 5.62. The van der Waals surface area contributed by atoms with E-state index < -0.39 is 0 Å². The van der Waals surface area contributed by atoms with Crippen LogP contribution in [0.25, 0.3) is 11.3 Å². The first-order valence-corrected chi connectivity index (χ1v) is 4.82. The molecule has 4 heteroatoms. The van der Waals surface area contributed by atoms with Crippen molar-refractivity contribution in [2.45, 2.75) is 6.54 Å². The summed E-state index contributed by atoms with van der Waals surface area (Å²) in [7, 11) is 1.90. The van der Waals surface area contributed by atoms with Crippen LogP contribution in [0.4, 0.5) is 0 Å². The molecule has 78 valence electrons. The van der Waals surface area contributed by atoms with Gasteiger partial charge in [0.05, 0.1) is 5.69 Å². The lowest BCUT2D eigenvalue weighted by atomic mass is 10.1. The maximum absolute atomic E-state index is 11.0. The second-order valence-electron chi connectivity index (χ2n) is 3.34. The van der Waals surface area contributed by atoms with Crippen molar-refractivity contribution in [1.29, 1.82) is 0 Å². The topological polar surface area (TPSA) is 60.7 Å². The number of hydrogen-bond acceptors (Lipinski definition) is 2. The minimum absolute atomic E-state index is 0.177. The van der Waals surface area contributed by atoms with E-state index in [-0.39, 0.29) is 5.69 Å². The minimum atomic E-state index is -0.177. The fourth-order valence-corrected chi connectivity index (χ4v) is 1.60. The Balaban J connectivity index is 2.47. The highest BCUT2D eigenvalue weighted by Crippen LogP contribution is 2.19. The van der Waals surface area contributed by atoms with E-state index in [9.17, 15) is 4.79 Å². The van der Waals surface area contributed by atoms with Crippen molar-refractivity contribution in [2.24, 2.45) is 0 Å². The molecule has 0 atom stereocenters. The monoisotopic (exact) mass is 203 g/mol. The zero-order valence-electron chi connectivity index (χ0n) is 8.50. The molecule has 1 aromatic heterocycles. The second-order valence-corrected chi connectivity index (χ2v) is 3.34. The van der Waals surface area contributed by atoms with Gasteiger partial charge in [0.15, 0.2) is 0 Å². The lowest BCUT2D eigenvalue weighted by Crippen LogP contribution is -2.06. The second kappa shape index (κ2) is 4.14. The number of imidazole rings is 1. The van der Waals surface area contributed by atoms with Crippen LogP contribution in [0.1, 0.15) is 5.56 Å². The number of benzene rings is 1. The van der Waals surface area contributed by atoms with Gasteiger partial charge in [0.2, 0.25) is 0 Å². The van der Waals surface area contributed by atoms with Crippen LogP contribution in [-0.4, -0.2) is 17.0 Å². The van der Waals surface area contributed by atoms with Gasteiger partial charge in [-0.3, -0.25) is 0 Å². The lowest BCUT2D eigenvalue weighted by Gasteiger charge is -2.06. The average Bonchev–Trinajstić information content (AvgIpc) is 2.66. The van der Waals surface area contributed by atoms with E-state index in [4.69, 9.17) is 0 Å². The zero-order chi connectivity index (χ0) is 10.7. The summed E-state index contributed by atoms with van der Waals surface area (Å²) in [6, 6.07) is 7.98. The number of hydrogen-bond donors (Lipinski definition) is 3. The quantitative estimate of drug-likeness (QED) is 0.699. The molecule has 2 aromatic rings. The average molecular weight is 203 g/mol. The molecule has 2 rings (SSSR count). The summed E-state index contributed by atoms with van der Waals surface area (Å²) in [4.78, 5) is 16.4. The van der Waals surface area contributed by atoms with Gasteiger partial charge >= 0.3 is 5.69 Å². The Morgan fingerprint density at radius 3 is 2.80 bits per heavy atom. The molecule has 0 fully saturated rings. The van der Waals surface area contributed by atoms with Crippen LogP contribution in [0.5, 0.6) is 0 Å². The van der Waals surface area contributed by atoms with Gasteiger partial charge in [-0.05, 0) is 12.6 Å². The van der Waals surface area contributed by atoms with Crippen molar-refractivity contribution in [2.75, 3.05) is 7.05 Å². The zero-order valence-corrected chi connectivity index (χ0v) is 8.50. The van der Waals surface area contributed by atoms with Crippen LogP contribution < -0.4 is 11.0 Å². The van der Waals surface area contributed by atoms with E-state index in [0.29, 0.717) is 0 Å². The Hall–Kier alpha value is -1.81. The molecule has 1 heterocycles. The van der Waals surface area contributed by atoms with Crippen LogP contribution >= 0.6 is 0 Å². The number of aromatic nitrogens is 2. The fourth-order valence-electron chi connectivity index (χ4n) is 1.60. The van der Waals surface area contributed by atoms with Crippen LogP contribution in [0, 0.1) is 0 Å². The van der Waals surface area contributed by atoms with Crippen molar-refractivity contribution in [3.63, 3.8) is 0 Å². The van der Waals surface area contributed by atoms with E-state index in [2.05, 4.69) is 15.3 Å². The summed E-state index contributed by atoms with van der Waals surface area (Å²) in [5, 5.41) is 3.10. The van der Waals surface area contributed by atoms with E-state index in [0.717, 1.165) is 23.4 Å². The first-order chi connectivity index (χ1) is 7.31. The third-order valence-corrected chi connectivity index (χ3v) is 2.27. The minimum Gasteiger partial charge on any atom is -0.316 e. The lowest BCUT2D eigenvalue weighted by molar-refractivity contribution is 0.819. The Bertz CT molecular complexity index is 498. The molecular weight excluding hydrogens is 190 g/mol. The summed E-state index contributed by atoms with van der Waals surface area (Å²) in [6.45, 7) is 0.781. The smallest absolute Gasteiger partial charge is 0.316 e. The van der Waals surface area contributed by atoms with Gasteiger partial charge in [-0.2, -0.15) is 0 Å². The predicted octanol–water partition coefficient (Wildman–Crippen LogP) is 1.09. The molecule has 1 aromatic carbocycles. The molecule has 0 bridgehead atoms. The summed E-state index contributed by atoms with van der Waals surface area (Å²) >= 11 is 0. The molecular formula is C11H13N3O. The first kappa shape index (κ1) is 9.73. The maximum atomic E-state index is 11.0. The summed E-state index contributed by atoms with van der Waals surface area (Å²) < 4.78 is 0. The first-order valence-electron chi connectivity index (χ1n) is 4.82. The van der Waals surface area contributed by atoms with E-state index in [1.807, 2.05) is 31.3 Å². The number of nitrogens with one attached hydrogen (secondary N) is 3. The predicted molar refractivity (Wildman–Crippen MR) is 59.6 cm³/mol. The van der Waals surface area contributed by atoms with Gasteiger partial charge in [-0.15, -0.1) is 0 Å². The molecule has 0 saturated carbocycles. The van der Waals surface area contributed by atoms with Crippen molar-refractivity contribution >= 4 is 0 Å². The van der Waals surface area contributed by atoms with Crippen molar-refractivity contribution in [3.05, 3.63) is 46.5 Å². The molecule has 3 N–H and O–H groups in total. The van der Waals surface area contributed by atoms with Gasteiger partial charge in [0.25, 0.3) is 0 Å². The van der Waals surface area contributed by atoms with E-state index in [1.165, 1.54) is 0 Å². The van der Waals surface area contributed by atoms with Crippen LogP contribution in [0.3, 0.4) is 0 Å². The molecule has 0 amide bonds. The highest BCUT2D eigenvalue weighted by atomic mass is 16.1.